The molecule has 0 saturated carbocycles. The molecule has 0 bridgehead atoms. The summed E-state index contributed by atoms with van der Waals surface area (Å²) >= 11 is 0. The molecule has 0 fully saturated rings. The molecule has 1 N–H and O–H groups in total. The van der Waals surface area contributed by atoms with Crippen molar-refractivity contribution < 1.29 is 14.6 Å². The Morgan fingerprint density at radius 2 is 1.78 bits per heavy atom. The molecule has 3 heteroatoms. The van der Waals surface area contributed by atoms with E-state index in [-0.39, 0.29) is 11.7 Å². The molecule has 3 atom stereocenters. The molecule has 3 nitrogen and oxygen atoms in total. The molecule has 0 aliphatic heterocycles. The summed E-state index contributed by atoms with van der Waals surface area (Å²) in [5.41, 5.74) is 3.61. The second-order valence-electron chi connectivity index (χ2n) is 6.23. The number of ether oxygens (including phenoxy) is 2. The zero-order valence-corrected chi connectivity index (χ0v) is 14.2. The highest BCUT2D eigenvalue weighted by Crippen LogP contribution is 2.58. The van der Waals surface area contributed by atoms with Gasteiger partial charge in [-0.15, -0.1) is 0 Å². The highest BCUT2D eigenvalue weighted by Gasteiger charge is 2.41. The fourth-order valence-electron chi connectivity index (χ4n) is 4.15. The van der Waals surface area contributed by atoms with E-state index < -0.39 is 0 Å². The molecule has 0 saturated heterocycles. The quantitative estimate of drug-likeness (QED) is 0.890. The molecule has 1 aliphatic rings. The van der Waals surface area contributed by atoms with Gasteiger partial charge in [0.25, 0.3) is 0 Å². The molecular weight excluding hydrogens is 288 g/mol. The summed E-state index contributed by atoms with van der Waals surface area (Å²) in [4.78, 5) is 0. The maximum Gasteiger partial charge on any atom is 0.201 e. The van der Waals surface area contributed by atoms with Crippen LogP contribution in [0.1, 0.15) is 48.8 Å². The SMILES string of the molecule is CC[C@H]1c2cc(OC)c(O)c(OC)c2[C@@H](c2ccccc2)[C@H]1C. The Morgan fingerprint density at radius 1 is 1.09 bits per heavy atom. The topological polar surface area (TPSA) is 38.7 Å². The van der Waals surface area contributed by atoms with Gasteiger partial charge in [0.15, 0.2) is 11.5 Å². The molecular formula is C20H24O3. The summed E-state index contributed by atoms with van der Waals surface area (Å²) in [6.45, 7) is 4.50. The smallest absolute Gasteiger partial charge is 0.201 e. The number of hydrogen-bond acceptors (Lipinski definition) is 3. The second kappa shape index (κ2) is 6.15. The van der Waals surface area contributed by atoms with Crippen LogP contribution in [0.5, 0.6) is 17.2 Å². The minimum absolute atomic E-state index is 0.0960. The lowest BCUT2D eigenvalue weighted by Gasteiger charge is -2.22. The van der Waals surface area contributed by atoms with Crippen LogP contribution >= 0.6 is 0 Å². The Bertz CT molecular complexity index is 694. The Labute approximate surface area is 137 Å². The fourth-order valence-corrected chi connectivity index (χ4v) is 4.15. The van der Waals surface area contributed by atoms with E-state index in [1.54, 1.807) is 14.2 Å². The van der Waals surface area contributed by atoms with E-state index >= 15 is 0 Å². The summed E-state index contributed by atoms with van der Waals surface area (Å²) in [5.74, 6) is 2.23. The molecule has 0 amide bonds. The van der Waals surface area contributed by atoms with Crippen LogP contribution in [0.15, 0.2) is 36.4 Å². The van der Waals surface area contributed by atoms with Crippen molar-refractivity contribution in [2.75, 3.05) is 14.2 Å². The van der Waals surface area contributed by atoms with Gasteiger partial charge in [-0.1, -0.05) is 44.2 Å². The van der Waals surface area contributed by atoms with Crippen LogP contribution in [0, 0.1) is 5.92 Å². The molecule has 0 radical (unpaired) electrons. The summed E-state index contributed by atoms with van der Waals surface area (Å²) in [5, 5.41) is 10.5. The van der Waals surface area contributed by atoms with E-state index in [9.17, 15) is 5.11 Å². The monoisotopic (exact) mass is 312 g/mol. The molecule has 122 valence electrons. The first-order chi connectivity index (χ1) is 11.1. The number of benzene rings is 2. The predicted octanol–water partition coefficient (Wildman–Crippen LogP) is 4.68. The standard InChI is InChI=1S/C20H24O3/c1-5-14-12(2)17(13-9-7-6-8-10-13)18-15(14)11-16(22-3)19(21)20(18)23-4/h6-12,14,17,21H,5H2,1-4H3/t12-,14+,17+/m0/s1. The third kappa shape index (κ3) is 2.35. The molecule has 2 aromatic rings. The number of hydrogen-bond donors (Lipinski definition) is 1. The second-order valence-corrected chi connectivity index (χ2v) is 6.23. The lowest BCUT2D eigenvalue weighted by molar-refractivity contribution is 0.336. The third-order valence-electron chi connectivity index (χ3n) is 5.18. The molecule has 0 aromatic heterocycles. The van der Waals surface area contributed by atoms with Crippen LogP contribution in [0.3, 0.4) is 0 Å². The van der Waals surface area contributed by atoms with Crippen molar-refractivity contribution in [3.8, 4) is 17.2 Å². The van der Waals surface area contributed by atoms with E-state index in [0.717, 1.165) is 12.0 Å². The molecule has 0 unspecified atom stereocenters. The summed E-state index contributed by atoms with van der Waals surface area (Å²) in [6, 6.07) is 12.5. The highest BCUT2D eigenvalue weighted by molar-refractivity contribution is 5.64. The Hall–Kier alpha value is -2.16. The van der Waals surface area contributed by atoms with Gasteiger partial charge in [0, 0.05) is 11.5 Å². The first-order valence-electron chi connectivity index (χ1n) is 8.16. The average molecular weight is 312 g/mol. The lowest BCUT2D eigenvalue weighted by atomic mass is 9.83. The Balaban J connectivity index is 2.27. The van der Waals surface area contributed by atoms with Crippen molar-refractivity contribution >= 4 is 0 Å². The third-order valence-corrected chi connectivity index (χ3v) is 5.18. The summed E-state index contributed by atoms with van der Waals surface area (Å²) in [6.07, 6.45) is 1.05. The zero-order chi connectivity index (χ0) is 16.6. The fraction of sp³-hybridized carbons (Fsp3) is 0.400. The molecule has 23 heavy (non-hydrogen) atoms. The summed E-state index contributed by atoms with van der Waals surface area (Å²) in [7, 11) is 3.19. The van der Waals surface area contributed by atoms with Crippen LogP contribution in [0.25, 0.3) is 0 Å². The molecule has 3 rings (SSSR count). The number of aromatic hydroxyl groups is 1. The van der Waals surface area contributed by atoms with Crippen LogP contribution in [-0.2, 0) is 0 Å². The van der Waals surface area contributed by atoms with Crippen molar-refractivity contribution in [1.29, 1.82) is 0 Å². The number of phenolic OH excluding ortho intramolecular Hbond substituents is 1. The number of phenols is 1. The van der Waals surface area contributed by atoms with Gasteiger partial charge >= 0.3 is 0 Å². The number of methoxy groups -OCH3 is 2. The Kier molecular flexibility index (Phi) is 4.20. The maximum atomic E-state index is 10.5. The van der Waals surface area contributed by atoms with Crippen molar-refractivity contribution in [3.63, 3.8) is 0 Å². The van der Waals surface area contributed by atoms with Crippen molar-refractivity contribution in [2.24, 2.45) is 5.92 Å². The van der Waals surface area contributed by atoms with Gasteiger partial charge in [-0.3, -0.25) is 0 Å². The van der Waals surface area contributed by atoms with Gasteiger partial charge < -0.3 is 14.6 Å². The van der Waals surface area contributed by atoms with Crippen LogP contribution in [0.4, 0.5) is 0 Å². The van der Waals surface area contributed by atoms with E-state index in [1.165, 1.54) is 11.1 Å². The number of rotatable bonds is 4. The zero-order valence-electron chi connectivity index (χ0n) is 14.2. The van der Waals surface area contributed by atoms with Crippen LogP contribution in [0.2, 0.25) is 0 Å². The lowest BCUT2D eigenvalue weighted by Crippen LogP contribution is -2.09. The van der Waals surface area contributed by atoms with E-state index in [0.29, 0.717) is 23.3 Å². The predicted molar refractivity (Wildman–Crippen MR) is 91.7 cm³/mol. The van der Waals surface area contributed by atoms with E-state index in [4.69, 9.17) is 9.47 Å². The van der Waals surface area contributed by atoms with Gasteiger partial charge in [0.05, 0.1) is 14.2 Å². The minimum Gasteiger partial charge on any atom is -0.502 e. The summed E-state index contributed by atoms with van der Waals surface area (Å²) < 4.78 is 10.9. The van der Waals surface area contributed by atoms with Crippen molar-refractivity contribution in [3.05, 3.63) is 53.1 Å². The van der Waals surface area contributed by atoms with Gasteiger partial charge in [0.1, 0.15) is 0 Å². The Morgan fingerprint density at radius 3 is 2.35 bits per heavy atom. The molecule has 0 heterocycles. The molecule has 2 aromatic carbocycles. The highest BCUT2D eigenvalue weighted by atomic mass is 16.5. The van der Waals surface area contributed by atoms with Gasteiger partial charge in [0.2, 0.25) is 5.75 Å². The molecule has 0 spiro atoms. The maximum absolute atomic E-state index is 10.5. The molecule has 1 aliphatic carbocycles. The van der Waals surface area contributed by atoms with Crippen molar-refractivity contribution in [2.45, 2.75) is 32.1 Å². The normalized spacial score (nSPS) is 22.7. The van der Waals surface area contributed by atoms with Crippen LogP contribution < -0.4 is 9.47 Å². The average Bonchev–Trinajstić information content (AvgIpc) is 2.86. The first-order valence-corrected chi connectivity index (χ1v) is 8.16. The van der Waals surface area contributed by atoms with Crippen LogP contribution in [-0.4, -0.2) is 19.3 Å². The number of fused-ring (bicyclic) bond motifs is 1. The van der Waals surface area contributed by atoms with Gasteiger partial charge in [-0.2, -0.15) is 0 Å². The van der Waals surface area contributed by atoms with E-state index in [2.05, 4.69) is 38.1 Å². The minimum atomic E-state index is 0.0960. The van der Waals surface area contributed by atoms with E-state index in [1.807, 2.05) is 12.1 Å². The van der Waals surface area contributed by atoms with Crippen molar-refractivity contribution in [1.82, 2.24) is 0 Å². The van der Waals surface area contributed by atoms with Gasteiger partial charge in [-0.25, -0.2) is 0 Å². The van der Waals surface area contributed by atoms with Gasteiger partial charge in [-0.05, 0) is 35.4 Å². The largest absolute Gasteiger partial charge is 0.502 e. The first kappa shape index (κ1) is 15.7.